The standard InChI is InChI=1S/C19H16F3N3O3S/c1-10-15(25-18(28-10)16-4-3-7-29-16)9-17(27)24-14-6-5-12(23-11(2)26)8-13(14)19(20,21)22/h3-8H,9H2,1-2H3,(H,23,26)(H,24,27). The summed E-state index contributed by atoms with van der Waals surface area (Å²) in [5.74, 6) is -0.397. The number of halogens is 3. The van der Waals surface area contributed by atoms with E-state index < -0.39 is 29.2 Å². The molecule has 0 atom stereocenters. The Bertz CT molecular complexity index is 1040. The van der Waals surface area contributed by atoms with Gasteiger partial charge in [-0.15, -0.1) is 11.3 Å². The zero-order valence-electron chi connectivity index (χ0n) is 15.4. The number of anilines is 2. The zero-order valence-corrected chi connectivity index (χ0v) is 16.2. The Morgan fingerprint density at radius 3 is 2.59 bits per heavy atom. The summed E-state index contributed by atoms with van der Waals surface area (Å²) in [5.41, 5.74) is -1.14. The van der Waals surface area contributed by atoms with Gasteiger partial charge in [-0.25, -0.2) is 4.98 Å². The van der Waals surface area contributed by atoms with Crippen LogP contribution < -0.4 is 10.6 Å². The van der Waals surface area contributed by atoms with Crippen molar-refractivity contribution in [2.24, 2.45) is 0 Å². The summed E-state index contributed by atoms with van der Waals surface area (Å²) in [7, 11) is 0. The highest BCUT2D eigenvalue weighted by Crippen LogP contribution is 2.36. The van der Waals surface area contributed by atoms with Crippen LogP contribution in [0.15, 0.2) is 40.1 Å². The monoisotopic (exact) mass is 423 g/mol. The fraction of sp³-hybridized carbons (Fsp3) is 0.211. The molecule has 1 aromatic carbocycles. The van der Waals surface area contributed by atoms with Crippen LogP contribution >= 0.6 is 11.3 Å². The van der Waals surface area contributed by atoms with E-state index in [1.54, 1.807) is 6.92 Å². The number of carbonyl (C=O) groups is 2. The van der Waals surface area contributed by atoms with Crippen molar-refractivity contribution in [2.75, 3.05) is 10.6 Å². The van der Waals surface area contributed by atoms with Crippen molar-refractivity contribution in [3.63, 3.8) is 0 Å². The predicted octanol–water partition coefficient (Wildman–Crippen LogP) is 4.87. The molecule has 2 aromatic heterocycles. The van der Waals surface area contributed by atoms with Gasteiger partial charge in [0.15, 0.2) is 0 Å². The van der Waals surface area contributed by atoms with Gasteiger partial charge in [0.25, 0.3) is 0 Å². The number of hydrogen-bond donors (Lipinski definition) is 2. The largest absolute Gasteiger partial charge is 0.440 e. The number of hydrogen-bond acceptors (Lipinski definition) is 5. The Balaban J connectivity index is 1.79. The summed E-state index contributed by atoms with van der Waals surface area (Å²) in [6, 6.07) is 6.79. The molecule has 3 rings (SSSR count). The van der Waals surface area contributed by atoms with E-state index in [9.17, 15) is 22.8 Å². The molecule has 0 bridgehead atoms. The molecular weight excluding hydrogens is 407 g/mol. The number of aryl methyl sites for hydroxylation is 1. The molecule has 2 amide bonds. The van der Waals surface area contributed by atoms with Crippen LogP contribution in [0.2, 0.25) is 0 Å². The van der Waals surface area contributed by atoms with Gasteiger partial charge in [0, 0.05) is 12.6 Å². The van der Waals surface area contributed by atoms with Crippen LogP contribution in [-0.2, 0) is 22.2 Å². The molecule has 6 nitrogen and oxygen atoms in total. The number of nitrogens with zero attached hydrogens (tertiary/aromatic N) is 1. The van der Waals surface area contributed by atoms with Crippen LogP contribution in [0.3, 0.4) is 0 Å². The van der Waals surface area contributed by atoms with Gasteiger partial charge in [0.2, 0.25) is 17.7 Å². The minimum Gasteiger partial charge on any atom is -0.440 e. The van der Waals surface area contributed by atoms with Crippen molar-refractivity contribution >= 4 is 34.5 Å². The number of aromatic nitrogens is 1. The van der Waals surface area contributed by atoms with Crippen LogP contribution in [0, 0.1) is 6.92 Å². The Labute approximate surface area is 167 Å². The van der Waals surface area contributed by atoms with Crippen molar-refractivity contribution < 1.29 is 27.2 Å². The molecule has 0 aliphatic rings. The second kappa shape index (κ2) is 8.08. The molecule has 2 heterocycles. The van der Waals surface area contributed by atoms with Crippen LogP contribution in [0.4, 0.5) is 24.5 Å². The first-order valence-electron chi connectivity index (χ1n) is 8.42. The molecular formula is C19H16F3N3O3S. The van der Waals surface area contributed by atoms with E-state index in [1.165, 1.54) is 24.3 Å². The molecule has 29 heavy (non-hydrogen) atoms. The van der Waals surface area contributed by atoms with Gasteiger partial charge < -0.3 is 15.1 Å². The predicted molar refractivity (Wildman–Crippen MR) is 103 cm³/mol. The lowest BCUT2D eigenvalue weighted by Crippen LogP contribution is -2.19. The SMILES string of the molecule is CC(=O)Nc1ccc(NC(=O)Cc2nc(-c3cccs3)oc2C)c(C(F)(F)F)c1. The highest BCUT2D eigenvalue weighted by molar-refractivity contribution is 7.13. The smallest absolute Gasteiger partial charge is 0.418 e. The van der Waals surface area contributed by atoms with E-state index in [4.69, 9.17) is 4.42 Å². The molecule has 152 valence electrons. The summed E-state index contributed by atoms with van der Waals surface area (Å²) in [4.78, 5) is 28.5. The first-order chi connectivity index (χ1) is 13.6. The van der Waals surface area contributed by atoms with Crippen molar-refractivity contribution in [3.8, 4) is 10.8 Å². The quantitative estimate of drug-likeness (QED) is 0.613. The van der Waals surface area contributed by atoms with Crippen molar-refractivity contribution in [1.82, 2.24) is 4.98 Å². The van der Waals surface area contributed by atoms with E-state index in [1.807, 2.05) is 17.5 Å². The first kappa shape index (κ1) is 20.6. The lowest BCUT2D eigenvalue weighted by Gasteiger charge is -2.15. The molecule has 0 fully saturated rings. The van der Waals surface area contributed by atoms with Crippen LogP contribution in [0.1, 0.15) is 23.9 Å². The molecule has 0 aliphatic heterocycles. The highest BCUT2D eigenvalue weighted by Gasteiger charge is 2.34. The lowest BCUT2D eigenvalue weighted by atomic mass is 10.1. The molecule has 0 spiro atoms. The number of oxazole rings is 1. The summed E-state index contributed by atoms with van der Waals surface area (Å²) < 4.78 is 45.7. The summed E-state index contributed by atoms with van der Waals surface area (Å²) in [6.07, 6.45) is -4.96. The van der Waals surface area contributed by atoms with Gasteiger partial charge in [0.1, 0.15) is 5.76 Å². The second-order valence-corrected chi connectivity index (χ2v) is 7.11. The maximum atomic E-state index is 13.4. The van der Waals surface area contributed by atoms with Crippen LogP contribution in [-0.4, -0.2) is 16.8 Å². The van der Waals surface area contributed by atoms with Gasteiger partial charge in [-0.05, 0) is 36.6 Å². The van der Waals surface area contributed by atoms with Crippen molar-refractivity contribution in [1.29, 1.82) is 0 Å². The van der Waals surface area contributed by atoms with Crippen molar-refractivity contribution in [2.45, 2.75) is 26.4 Å². The summed E-state index contributed by atoms with van der Waals surface area (Å²) in [6.45, 7) is 2.82. The summed E-state index contributed by atoms with van der Waals surface area (Å²) in [5, 5.41) is 6.41. The minimum absolute atomic E-state index is 0.0178. The molecule has 2 N–H and O–H groups in total. The van der Waals surface area contributed by atoms with Crippen LogP contribution in [0.25, 0.3) is 10.8 Å². The third-order valence-electron chi connectivity index (χ3n) is 3.87. The first-order valence-corrected chi connectivity index (χ1v) is 9.30. The average molecular weight is 423 g/mol. The number of benzene rings is 1. The fourth-order valence-electron chi connectivity index (χ4n) is 2.61. The molecule has 0 unspecified atom stereocenters. The number of amides is 2. The average Bonchev–Trinajstić information content (AvgIpc) is 3.25. The molecule has 3 aromatic rings. The maximum Gasteiger partial charge on any atom is 0.418 e. The summed E-state index contributed by atoms with van der Waals surface area (Å²) >= 11 is 1.42. The van der Waals surface area contributed by atoms with Crippen LogP contribution in [0.5, 0.6) is 0 Å². The normalized spacial score (nSPS) is 11.3. The number of thiophene rings is 1. The number of alkyl halides is 3. The zero-order chi connectivity index (χ0) is 21.2. The molecule has 0 aliphatic carbocycles. The number of nitrogens with one attached hydrogen (secondary N) is 2. The van der Waals surface area contributed by atoms with Gasteiger partial charge in [0.05, 0.1) is 28.2 Å². The Morgan fingerprint density at radius 2 is 1.97 bits per heavy atom. The molecule has 0 saturated carbocycles. The minimum atomic E-state index is -4.72. The molecule has 10 heteroatoms. The van der Waals surface area contributed by atoms with E-state index in [-0.39, 0.29) is 12.1 Å². The van der Waals surface area contributed by atoms with E-state index in [0.29, 0.717) is 17.3 Å². The van der Waals surface area contributed by atoms with E-state index in [2.05, 4.69) is 15.6 Å². The third-order valence-corrected chi connectivity index (χ3v) is 4.73. The van der Waals surface area contributed by atoms with Gasteiger partial charge in [-0.3, -0.25) is 9.59 Å². The maximum absolute atomic E-state index is 13.4. The molecule has 0 radical (unpaired) electrons. The topological polar surface area (TPSA) is 84.2 Å². The Hall–Kier alpha value is -3.14. The third kappa shape index (κ3) is 5.02. The molecule has 0 saturated heterocycles. The van der Waals surface area contributed by atoms with Gasteiger partial charge >= 0.3 is 6.18 Å². The lowest BCUT2D eigenvalue weighted by molar-refractivity contribution is -0.137. The highest BCUT2D eigenvalue weighted by atomic mass is 32.1. The van der Waals surface area contributed by atoms with E-state index >= 15 is 0 Å². The van der Waals surface area contributed by atoms with Crippen molar-refractivity contribution in [3.05, 3.63) is 52.7 Å². The second-order valence-electron chi connectivity index (χ2n) is 6.16. The fourth-order valence-corrected chi connectivity index (χ4v) is 3.26. The Morgan fingerprint density at radius 1 is 1.21 bits per heavy atom. The number of rotatable bonds is 5. The van der Waals surface area contributed by atoms with Gasteiger partial charge in [-0.1, -0.05) is 6.07 Å². The Kier molecular flexibility index (Phi) is 5.73. The number of carbonyl (C=O) groups excluding carboxylic acids is 2. The van der Waals surface area contributed by atoms with E-state index in [0.717, 1.165) is 17.0 Å². The van der Waals surface area contributed by atoms with Gasteiger partial charge in [-0.2, -0.15) is 13.2 Å².